The van der Waals surface area contributed by atoms with Gasteiger partial charge in [-0.2, -0.15) is 0 Å². The van der Waals surface area contributed by atoms with Crippen LogP contribution in [-0.4, -0.2) is 23.3 Å². The van der Waals surface area contributed by atoms with Crippen LogP contribution in [0, 0.1) is 6.92 Å². The van der Waals surface area contributed by atoms with E-state index in [1.54, 1.807) is 36.4 Å². The summed E-state index contributed by atoms with van der Waals surface area (Å²) in [5, 5.41) is 2.56. The van der Waals surface area contributed by atoms with E-state index in [1.165, 1.54) is 18.9 Å². The summed E-state index contributed by atoms with van der Waals surface area (Å²) in [6.07, 6.45) is 1.70. The Morgan fingerprint density at radius 2 is 1.88 bits per heavy atom. The van der Waals surface area contributed by atoms with Crippen molar-refractivity contribution >= 4 is 46.3 Å². The standard InChI is InChI=1S/C19H15NO4S2/c1-11-3-6-13(7-4-11)18(22)24-14-8-5-12(9-15(14)23-2)10-16-17(21)20-19(25)26-16/h3-10H,1-2H3,(H,20,21,25). The number of carbonyl (C=O) groups is 2. The molecule has 26 heavy (non-hydrogen) atoms. The molecule has 1 saturated heterocycles. The fourth-order valence-corrected chi connectivity index (χ4v) is 3.32. The van der Waals surface area contributed by atoms with Gasteiger partial charge in [0.1, 0.15) is 4.32 Å². The van der Waals surface area contributed by atoms with E-state index < -0.39 is 5.97 Å². The minimum atomic E-state index is -0.467. The van der Waals surface area contributed by atoms with Crippen molar-refractivity contribution in [1.82, 2.24) is 5.32 Å². The Bertz CT molecular complexity index is 920. The van der Waals surface area contributed by atoms with E-state index in [-0.39, 0.29) is 5.91 Å². The molecule has 5 nitrogen and oxygen atoms in total. The topological polar surface area (TPSA) is 64.6 Å². The van der Waals surface area contributed by atoms with Crippen LogP contribution in [0.15, 0.2) is 47.4 Å². The molecule has 1 N–H and O–H groups in total. The van der Waals surface area contributed by atoms with Gasteiger partial charge < -0.3 is 14.8 Å². The number of hydrogen-bond donors (Lipinski definition) is 1. The number of rotatable bonds is 4. The second kappa shape index (κ2) is 7.72. The van der Waals surface area contributed by atoms with Crippen molar-refractivity contribution in [2.24, 2.45) is 0 Å². The lowest BCUT2D eigenvalue weighted by Crippen LogP contribution is -2.17. The quantitative estimate of drug-likeness (QED) is 0.375. The third-order valence-corrected chi connectivity index (χ3v) is 4.78. The van der Waals surface area contributed by atoms with Gasteiger partial charge in [0.15, 0.2) is 11.5 Å². The highest BCUT2D eigenvalue weighted by atomic mass is 32.2. The monoisotopic (exact) mass is 385 g/mol. The van der Waals surface area contributed by atoms with Gasteiger partial charge in [0, 0.05) is 0 Å². The molecule has 1 aliphatic heterocycles. The first-order valence-corrected chi connectivity index (χ1v) is 8.90. The maximum absolute atomic E-state index is 12.3. The predicted octanol–water partition coefficient (Wildman–Crippen LogP) is 3.71. The number of amides is 1. The Morgan fingerprint density at radius 3 is 2.50 bits per heavy atom. The van der Waals surface area contributed by atoms with Crippen LogP contribution in [0.1, 0.15) is 21.5 Å². The molecule has 132 valence electrons. The van der Waals surface area contributed by atoms with Crippen molar-refractivity contribution in [3.05, 3.63) is 64.1 Å². The van der Waals surface area contributed by atoms with Gasteiger partial charge in [-0.05, 0) is 42.8 Å². The van der Waals surface area contributed by atoms with E-state index in [2.05, 4.69) is 5.32 Å². The number of benzene rings is 2. The van der Waals surface area contributed by atoms with Crippen molar-refractivity contribution in [3.8, 4) is 11.5 Å². The van der Waals surface area contributed by atoms with E-state index in [0.717, 1.165) is 11.1 Å². The molecular formula is C19H15NO4S2. The molecule has 1 fully saturated rings. The lowest BCUT2D eigenvalue weighted by molar-refractivity contribution is -0.115. The number of aryl methyl sites for hydroxylation is 1. The molecule has 7 heteroatoms. The van der Waals surface area contributed by atoms with Gasteiger partial charge in [0.25, 0.3) is 5.91 Å². The Kier molecular flexibility index (Phi) is 5.39. The first-order chi connectivity index (χ1) is 12.5. The van der Waals surface area contributed by atoms with Crippen molar-refractivity contribution in [2.75, 3.05) is 7.11 Å². The number of ether oxygens (including phenoxy) is 2. The average Bonchev–Trinajstić information content (AvgIpc) is 2.93. The van der Waals surface area contributed by atoms with Gasteiger partial charge in [-0.25, -0.2) is 4.79 Å². The van der Waals surface area contributed by atoms with Crippen LogP contribution in [0.25, 0.3) is 6.08 Å². The molecule has 1 aliphatic rings. The van der Waals surface area contributed by atoms with Crippen LogP contribution in [0.5, 0.6) is 11.5 Å². The molecule has 1 heterocycles. The summed E-state index contributed by atoms with van der Waals surface area (Å²) in [4.78, 5) is 24.5. The van der Waals surface area contributed by atoms with Crippen LogP contribution in [0.2, 0.25) is 0 Å². The van der Waals surface area contributed by atoms with Crippen LogP contribution in [-0.2, 0) is 4.79 Å². The maximum Gasteiger partial charge on any atom is 0.343 e. The van der Waals surface area contributed by atoms with Gasteiger partial charge in [-0.3, -0.25) is 4.79 Å². The Balaban J connectivity index is 1.82. The zero-order valence-electron chi connectivity index (χ0n) is 14.1. The van der Waals surface area contributed by atoms with Gasteiger partial charge in [0.2, 0.25) is 0 Å². The Labute approximate surface area is 160 Å². The van der Waals surface area contributed by atoms with E-state index in [4.69, 9.17) is 21.7 Å². The van der Waals surface area contributed by atoms with Crippen LogP contribution in [0.3, 0.4) is 0 Å². The molecule has 0 aliphatic carbocycles. The van der Waals surface area contributed by atoms with E-state index in [1.807, 2.05) is 19.1 Å². The molecule has 0 unspecified atom stereocenters. The van der Waals surface area contributed by atoms with E-state index in [0.29, 0.717) is 26.3 Å². The molecule has 0 saturated carbocycles. The Morgan fingerprint density at radius 1 is 1.15 bits per heavy atom. The SMILES string of the molecule is COc1cc(C=C2SC(=S)NC2=O)ccc1OC(=O)c1ccc(C)cc1. The van der Waals surface area contributed by atoms with Crippen LogP contribution >= 0.6 is 24.0 Å². The molecule has 0 atom stereocenters. The van der Waals surface area contributed by atoms with Crippen LogP contribution in [0.4, 0.5) is 0 Å². The first kappa shape index (κ1) is 18.2. The van der Waals surface area contributed by atoms with Crippen molar-refractivity contribution in [2.45, 2.75) is 6.92 Å². The molecule has 2 aromatic rings. The Hall–Kier alpha value is -2.64. The summed E-state index contributed by atoms with van der Waals surface area (Å²) < 4.78 is 11.2. The maximum atomic E-state index is 12.3. The number of hydrogen-bond acceptors (Lipinski definition) is 6. The predicted molar refractivity (Wildman–Crippen MR) is 105 cm³/mol. The number of methoxy groups -OCH3 is 1. The zero-order chi connectivity index (χ0) is 18.7. The van der Waals surface area contributed by atoms with E-state index >= 15 is 0 Å². The van der Waals surface area contributed by atoms with Crippen molar-refractivity contribution in [3.63, 3.8) is 0 Å². The van der Waals surface area contributed by atoms with Crippen molar-refractivity contribution in [1.29, 1.82) is 0 Å². The zero-order valence-corrected chi connectivity index (χ0v) is 15.7. The number of thiocarbonyl (C=S) groups is 1. The van der Waals surface area contributed by atoms with E-state index in [9.17, 15) is 9.59 Å². The third-order valence-electron chi connectivity index (χ3n) is 3.62. The fourth-order valence-electron chi connectivity index (χ4n) is 2.28. The molecule has 3 rings (SSSR count). The first-order valence-electron chi connectivity index (χ1n) is 7.68. The molecule has 1 amide bonds. The molecule has 2 aromatic carbocycles. The van der Waals surface area contributed by atoms with Crippen LogP contribution < -0.4 is 14.8 Å². The fraction of sp³-hybridized carbons (Fsp3) is 0.105. The summed E-state index contributed by atoms with van der Waals surface area (Å²) >= 11 is 6.17. The number of esters is 1. The highest BCUT2D eigenvalue weighted by Crippen LogP contribution is 2.32. The van der Waals surface area contributed by atoms with Crippen molar-refractivity contribution < 1.29 is 19.1 Å². The van der Waals surface area contributed by atoms with Gasteiger partial charge in [-0.15, -0.1) is 0 Å². The molecule has 0 aromatic heterocycles. The number of thioether (sulfide) groups is 1. The molecule has 0 radical (unpaired) electrons. The normalized spacial score (nSPS) is 15.1. The molecular weight excluding hydrogens is 370 g/mol. The lowest BCUT2D eigenvalue weighted by Gasteiger charge is -2.10. The molecule has 0 bridgehead atoms. The summed E-state index contributed by atoms with van der Waals surface area (Å²) in [6.45, 7) is 1.95. The number of nitrogens with one attached hydrogen (secondary N) is 1. The largest absolute Gasteiger partial charge is 0.493 e. The number of carbonyl (C=O) groups excluding carboxylic acids is 2. The highest BCUT2D eigenvalue weighted by molar-refractivity contribution is 8.26. The average molecular weight is 385 g/mol. The highest BCUT2D eigenvalue weighted by Gasteiger charge is 2.22. The second-order valence-corrected chi connectivity index (χ2v) is 7.24. The summed E-state index contributed by atoms with van der Waals surface area (Å²) in [7, 11) is 1.49. The summed E-state index contributed by atoms with van der Waals surface area (Å²) in [5.74, 6) is 0.00406. The lowest BCUT2D eigenvalue weighted by atomic mass is 10.1. The second-order valence-electron chi connectivity index (χ2n) is 5.52. The van der Waals surface area contributed by atoms with Gasteiger partial charge in [-0.1, -0.05) is 47.7 Å². The third kappa shape index (κ3) is 4.12. The summed E-state index contributed by atoms with van der Waals surface area (Å²) in [6, 6.07) is 12.2. The van der Waals surface area contributed by atoms with Gasteiger partial charge >= 0.3 is 5.97 Å². The summed E-state index contributed by atoms with van der Waals surface area (Å²) in [5.41, 5.74) is 2.25. The minimum absolute atomic E-state index is 0.228. The minimum Gasteiger partial charge on any atom is -0.493 e. The molecule has 0 spiro atoms. The van der Waals surface area contributed by atoms with Gasteiger partial charge in [0.05, 0.1) is 17.6 Å². The smallest absolute Gasteiger partial charge is 0.343 e.